The summed E-state index contributed by atoms with van der Waals surface area (Å²) in [4.78, 5) is 25.0. The minimum atomic E-state index is 0.00866. The van der Waals surface area contributed by atoms with Crippen molar-refractivity contribution in [2.75, 3.05) is 11.1 Å². The lowest BCUT2D eigenvalue weighted by Crippen LogP contribution is -2.16. The summed E-state index contributed by atoms with van der Waals surface area (Å²) in [5.41, 5.74) is 4.51. The maximum Gasteiger partial charge on any atom is 0.234 e. The summed E-state index contributed by atoms with van der Waals surface area (Å²) in [7, 11) is 0. The molecule has 0 radical (unpaired) electrons. The molecule has 0 fully saturated rings. The van der Waals surface area contributed by atoms with E-state index < -0.39 is 0 Å². The first-order valence-corrected chi connectivity index (χ1v) is 12.0. The van der Waals surface area contributed by atoms with Crippen LogP contribution < -0.4 is 5.32 Å². The quantitative estimate of drug-likeness (QED) is 0.400. The Labute approximate surface area is 180 Å². The number of carbonyl (C=O) groups is 1. The topological polar surface area (TPSA) is 54.9 Å². The maximum absolute atomic E-state index is 12.7. The van der Waals surface area contributed by atoms with Crippen LogP contribution in [-0.4, -0.2) is 21.6 Å². The number of hydrogen-bond donors (Lipinski definition) is 1. The third-order valence-electron chi connectivity index (χ3n) is 5.40. The molecule has 0 bridgehead atoms. The van der Waals surface area contributed by atoms with Gasteiger partial charge in [0.2, 0.25) is 5.91 Å². The molecule has 0 aliphatic heterocycles. The van der Waals surface area contributed by atoms with Crippen LogP contribution in [0.2, 0.25) is 0 Å². The van der Waals surface area contributed by atoms with E-state index in [2.05, 4.69) is 19.2 Å². The van der Waals surface area contributed by atoms with Crippen molar-refractivity contribution in [3.63, 3.8) is 0 Å². The number of aryl methyl sites for hydroxylation is 4. The van der Waals surface area contributed by atoms with Crippen LogP contribution in [-0.2, 0) is 17.6 Å². The van der Waals surface area contributed by atoms with Gasteiger partial charge in [-0.3, -0.25) is 4.79 Å². The molecule has 4 nitrogen and oxygen atoms in total. The van der Waals surface area contributed by atoms with E-state index in [0.717, 1.165) is 45.3 Å². The zero-order chi connectivity index (χ0) is 20.5. The first-order valence-electron chi connectivity index (χ1n) is 10.2. The molecule has 29 heavy (non-hydrogen) atoms. The van der Waals surface area contributed by atoms with Gasteiger partial charge in [-0.05, 0) is 56.2 Å². The van der Waals surface area contributed by atoms with Crippen LogP contribution in [0.15, 0.2) is 23.2 Å². The van der Waals surface area contributed by atoms with E-state index in [1.807, 2.05) is 43.4 Å². The fourth-order valence-electron chi connectivity index (χ4n) is 3.82. The Balaban J connectivity index is 1.61. The number of carbonyl (C=O) groups excluding carboxylic acids is 1. The van der Waals surface area contributed by atoms with Crippen molar-refractivity contribution < 1.29 is 4.79 Å². The molecular weight excluding hydrogens is 398 g/mol. The summed E-state index contributed by atoms with van der Waals surface area (Å²) in [6.45, 7) is 8.29. The van der Waals surface area contributed by atoms with E-state index >= 15 is 0 Å². The van der Waals surface area contributed by atoms with Crippen molar-refractivity contribution in [3.05, 3.63) is 45.6 Å². The molecule has 1 N–H and O–H groups in total. The van der Waals surface area contributed by atoms with Crippen molar-refractivity contribution in [3.8, 4) is 0 Å². The number of amides is 1. The van der Waals surface area contributed by atoms with Crippen molar-refractivity contribution in [1.82, 2.24) is 9.97 Å². The summed E-state index contributed by atoms with van der Waals surface area (Å²) >= 11 is 3.36. The lowest BCUT2D eigenvalue weighted by atomic mass is 9.97. The highest BCUT2D eigenvalue weighted by Gasteiger charge is 2.22. The maximum atomic E-state index is 12.7. The Morgan fingerprint density at radius 2 is 1.90 bits per heavy atom. The normalized spacial score (nSPS) is 13.7. The first-order chi connectivity index (χ1) is 13.9. The van der Waals surface area contributed by atoms with Crippen LogP contribution in [0.25, 0.3) is 10.2 Å². The molecule has 1 aromatic carbocycles. The minimum absolute atomic E-state index is 0.00866. The molecule has 0 saturated carbocycles. The number of thioether (sulfide) groups is 1. The molecule has 0 saturated heterocycles. The lowest BCUT2D eigenvalue weighted by molar-refractivity contribution is -0.113. The number of nitrogens with zero attached hydrogens (tertiary/aromatic N) is 2. The van der Waals surface area contributed by atoms with Crippen LogP contribution in [0.3, 0.4) is 0 Å². The highest BCUT2D eigenvalue weighted by Crippen LogP contribution is 2.40. The van der Waals surface area contributed by atoms with Crippen molar-refractivity contribution in [1.29, 1.82) is 0 Å². The highest BCUT2D eigenvalue weighted by molar-refractivity contribution is 8.00. The second kappa shape index (κ2) is 8.44. The van der Waals surface area contributed by atoms with E-state index in [1.54, 1.807) is 11.8 Å². The first kappa shape index (κ1) is 20.4. The summed E-state index contributed by atoms with van der Waals surface area (Å²) < 4.78 is 0. The molecule has 3 aromatic rings. The number of rotatable bonds is 5. The van der Waals surface area contributed by atoms with Gasteiger partial charge in [0.25, 0.3) is 0 Å². The molecule has 1 aliphatic carbocycles. The number of benzene rings is 1. The fraction of sp³-hybridized carbons (Fsp3) is 0.435. The van der Waals surface area contributed by atoms with E-state index in [0.29, 0.717) is 5.75 Å². The van der Waals surface area contributed by atoms with Crippen LogP contribution in [0.5, 0.6) is 0 Å². The van der Waals surface area contributed by atoms with E-state index in [-0.39, 0.29) is 11.8 Å². The molecule has 2 aromatic heterocycles. The van der Waals surface area contributed by atoms with Gasteiger partial charge in [0.1, 0.15) is 15.7 Å². The Bertz CT molecular complexity index is 1050. The van der Waals surface area contributed by atoms with Crippen LogP contribution in [0.1, 0.15) is 60.0 Å². The Kier molecular flexibility index (Phi) is 5.93. The number of fused-ring (bicyclic) bond motifs is 3. The van der Waals surface area contributed by atoms with Crippen molar-refractivity contribution >= 4 is 44.9 Å². The summed E-state index contributed by atoms with van der Waals surface area (Å²) in [5.74, 6) is 1.49. The molecule has 4 rings (SSSR count). The van der Waals surface area contributed by atoms with Gasteiger partial charge in [0.05, 0.1) is 5.75 Å². The number of hydrogen-bond acceptors (Lipinski definition) is 5. The third kappa shape index (κ3) is 4.19. The molecule has 6 heteroatoms. The van der Waals surface area contributed by atoms with Gasteiger partial charge < -0.3 is 5.32 Å². The van der Waals surface area contributed by atoms with Crippen LogP contribution in [0.4, 0.5) is 5.69 Å². The number of thiophene rings is 1. The summed E-state index contributed by atoms with van der Waals surface area (Å²) in [6.07, 6.45) is 4.72. The van der Waals surface area contributed by atoms with Gasteiger partial charge in [-0.1, -0.05) is 43.8 Å². The smallest absolute Gasteiger partial charge is 0.234 e. The summed E-state index contributed by atoms with van der Waals surface area (Å²) in [6, 6.07) is 6.06. The Hall–Kier alpha value is -1.92. The molecule has 1 amide bonds. The Morgan fingerprint density at radius 3 is 2.62 bits per heavy atom. The van der Waals surface area contributed by atoms with E-state index in [1.165, 1.54) is 28.7 Å². The minimum Gasteiger partial charge on any atom is -0.325 e. The predicted molar refractivity (Wildman–Crippen MR) is 123 cm³/mol. The molecule has 1 aliphatic rings. The zero-order valence-electron chi connectivity index (χ0n) is 17.5. The standard InChI is InChI=1S/C23H27N3OS2/c1-13(2)21-25-22(19-16-10-5-6-11-17(16)29-23(19)26-21)28-12-18(27)24-20-14(3)8-7-9-15(20)4/h7-9,13H,5-6,10-12H2,1-4H3,(H,24,27). The summed E-state index contributed by atoms with van der Waals surface area (Å²) in [5, 5.41) is 5.25. The second-order valence-electron chi connectivity index (χ2n) is 8.04. The van der Waals surface area contributed by atoms with Crippen molar-refractivity contribution in [2.45, 2.75) is 64.3 Å². The van der Waals surface area contributed by atoms with Gasteiger partial charge in [-0.15, -0.1) is 11.3 Å². The van der Waals surface area contributed by atoms with E-state index in [9.17, 15) is 4.79 Å². The molecular formula is C23H27N3OS2. The second-order valence-corrected chi connectivity index (χ2v) is 10.1. The van der Waals surface area contributed by atoms with Crippen LogP contribution in [0, 0.1) is 13.8 Å². The monoisotopic (exact) mass is 425 g/mol. The predicted octanol–water partition coefficient (Wildman–Crippen LogP) is 6.04. The third-order valence-corrected chi connectivity index (χ3v) is 7.56. The molecule has 0 unspecified atom stereocenters. The van der Waals surface area contributed by atoms with Gasteiger partial charge in [0, 0.05) is 21.9 Å². The van der Waals surface area contributed by atoms with Gasteiger partial charge in [0.15, 0.2) is 0 Å². The molecule has 0 spiro atoms. The molecule has 152 valence electrons. The van der Waals surface area contributed by atoms with E-state index in [4.69, 9.17) is 9.97 Å². The lowest BCUT2D eigenvalue weighted by Gasteiger charge is -2.13. The highest BCUT2D eigenvalue weighted by atomic mass is 32.2. The fourth-order valence-corrected chi connectivity index (χ4v) is 6.02. The average molecular weight is 426 g/mol. The zero-order valence-corrected chi connectivity index (χ0v) is 19.1. The molecule has 2 heterocycles. The van der Waals surface area contributed by atoms with Crippen molar-refractivity contribution in [2.24, 2.45) is 0 Å². The average Bonchev–Trinajstić information content (AvgIpc) is 3.07. The largest absolute Gasteiger partial charge is 0.325 e. The Morgan fingerprint density at radius 1 is 1.17 bits per heavy atom. The number of aromatic nitrogens is 2. The molecule has 0 atom stereocenters. The van der Waals surface area contributed by atoms with Crippen LogP contribution >= 0.6 is 23.1 Å². The number of anilines is 1. The SMILES string of the molecule is Cc1cccc(C)c1NC(=O)CSc1nc(C(C)C)nc2sc3c(c12)CCCC3. The van der Waals surface area contributed by atoms with Gasteiger partial charge >= 0.3 is 0 Å². The number of para-hydroxylation sites is 1. The van der Waals surface area contributed by atoms with Gasteiger partial charge in [-0.2, -0.15) is 0 Å². The van der Waals surface area contributed by atoms with Gasteiger partial charge in [-0.25, -0.2) is 9.97 Å². The number of nitrogens with one attached hydrogen (secondary N) is 1.